The van der Waals surface area contributed by atoms with Crippen molar-refractivity contribution in [2.24, 2.45) is 35.5 Å². The first-order valence-corrected chi connectivity index (χ1v) is 20.9. The summed E-state index contributed by atoms with van der Waals surface area (Å²) in [5.74, 6) is 0.733. The molecular weight excluding hydrogens is 678 g/mol. The number of methoxy groups -OCH3 is 2. The van der Waals surface area contributed by atoms with Gasteiger partial charge in [-0.3, -0.25) is 9.59 Å². The Morgan fingerprint density at radius 1 is 0.830 bits per heavy atom. The van der Waals surface area contributed by atoms with Gasteiger partial charge in [-0.25, -0.2) is 0 Å². The molecule has 11 heteroatoms. The van der Waals surface area contributed by atoms with Crippen LogP contribution in [0.4, 0.5) is 0 Å². The van der Waals surface area contributed by atoms with Crippen LogP contribution < -0.4 is 0 Å². The molecule has 3 aliphatic heterocycles. The van der Waals surface area contributed by atoms with Crippen LogP contribution in [0.25, 0.3) is 0 Å². The number of ketones is 1. The highest BCUT2D eigenvalue weighted by Gasteiger charge is 2.54. The quantitative estimate of drug-likeness (QED) is 0.242. The number of esters is 1. The molecule has 6 rings (SSSR count). The molecule has 6 aliphatic rings. The van der Waals surface area contributed by atoms with Gasteiger partial charge in [0.2, 0.25) is 0 Å². The molecule has 3 aliphatic carbocycles. The molecule has 0 amide bonds. The first-order chi connectivity index (χ1) is 25.5. The van der Waals surface area contributed by atoms with Crippen molar-refractivity contribution in [1.29, 1.82) is 0 Å². The third-order valence-corrected chi connectivity index (χ3v) is 13.8. The molecule has 3 heterocycles. The monoisotopic (exact) mass is 747 g/mol. The minimum Gasteiger partial charge on any atom is -0.462 e. The van der Waals surface area contributed by atoms with Crippen molar-refractivity contribution >= 4 is 11.8 Å². The molecule has 2 saturated carbocycles. The molecule has 0 spiro atoms. The number of ether oxygens (including phenoxy) is 8. The van der Waals surface area contributed by atoms with Gasteiger partial charge in [-0.15, -0.1) is 0 Å². The van der Waals surface area contributed by atoms with Gasteiger partial charge in [0.15, 0.2) is 18.4 Å². The maximum absolute atomic E-state index is 14.7. The van der Waals surface area contributed by atoms with Crippen LogP contribution in [0.3, 0.4) is 0 Å². The third kappa shape index (κ3) is 8.93. The summed E-state index contributed by atoms with van der Waals surface area (Å²) >= 11 is 0. The Labute approximate surface area is 318 Å². The minimum absolute atomic E-state index is 0.00218. The molecule has 0 radical (unpaired) electrons. The van der Waals surface area contributed by atoms with Crippen LogP contribution in [0.5, 0.6) is 0 Å². The fourth-order valence-corrected chi connectivity index (χ4v) is 11.1. The number of cyclic esters (lactones) is 1. The summed E-state index contributed by atoms with van der Waals surface area (Å²) in [6, 6.07) is 0.345. The summed E-state index contributed by atoms with van der Waals surface area (Å²) in [6.07, 6.45) is 8.81. The van der Waals surface area contributed by atoms with E-state index in [-0.39, 0.29) is 90.9 Å². The fourth-order valence-electron chi connectivity index (χ4n) is 11.1. The van der Waals surface area contributed by atoms with E-state index in [1.807, 2.05) is 20.8 Å². The number of carbonyl (C=O) groups excluding carboxylic acids is 2. The second kappa shape index (κ2) is 18.2. The van der Waals surface area contributed by atoms with E-state index in [1.165, 1.54) is 0 Å². The highest BCUT2D eigenvalue weighted by atomic mass is 16.7. The second-order valence-corrected chi connectivity index (χ2v) is 17.1. The Morgan fingerprint density at radius 2 is 1.60 bits per heavy atom. The Bertz CT molecular complexity index is 1260. The van der Waals surface area contributed by atoms with Crippen LogP contribution in [0, 0.1) is 35.5 Å². The molecule has 3 saturated heterocycles. The number of hydrogen-bond acceptors (Lipinski definition) is 11. The Hall–Kier alpha value is -1.44. The molecule has 0 aromatic rings. The highest BCUT2D eigenvalue weighted by molar-refractivity contribution is 5.99. The average Bonchev–Trinajstić information content (AvgIpc) is 3.70. The molecule has 302 valence electrons. The van der Waals surface area contributed by atoms with E-state index in [0.29, 0.717) is 24.5 Å². The molecule has 53 heavy (non-hydrogen) atoms. The number of nitrogens with zero attached hydrogens (tertiary/aromatic N) is 1. The van der Waals surface area contributed by atoms with Crippen molar-refractivity contribution in [3.8, 4) is 0 Å². The van der Waals surface area contributed by atoms with E-state index in [1.54, 1.807) is 14.2 Å². The maximum atomic E-state index is 14.7. The summed E-state index contributed by atoms with van der Waals surface area (Å²) in [4.78, 5) is 30.5. The van der Waals surface area contributed by atoms with Crippen molar-refractivity contribution in [3.05, 3.63) is 11.6 Å². The van der Waals surface area contributed by atoms with Gasteiger partial charge in [0.05, 0.1) is 30.8 Å². The van der Waals surface area contributed by atoms with E-state index in [9.17, 15) is 9.59 Å². The zero-order valence-electron chi connectivity index (χ0n) is 33.9. The first kappa shape index (κ1) is 41.2. The van der Waals surface area contributed by atoms with Gasteiger partial charge < -0.3 is 42.8 Å². The number of Topliss-reactive ketones (excluding diaryl/α,β-unsaturated/α-hetero) is 1. The predicted molar refractivity (Wildman–Crippen MR) is 199 cm³/mol. The number of rotatable bonds is 10. The van der Waals surface area contributed by atoms with Crippen LogP contribution in [-0.4, -0.2) is 119 Å². The van der Waals surface area contributed by atoms with Crippen molar-refractivity contribution in [1.82, 2.24) is 4.90 Å². The molecule has 17 atom stereocenters. The molecule has 0 aromatic carbocycles. The van der Waals surface area contributed by atoms with Gasteiger partial charge >= 0.3 is 5.97 Å². The van der Waals surface area contributed by atoms with Crippen molar-refractivity contribution in [2.75, 3.05) is 34.9 Å². The van der Waals surface area contributed by atoms with Crippen LogP contribution in [0.2, 0.25) is 0 Å². The molecule has 0 aromatic heterocycles. The highest BCUT2D eigenvalue weighted by Crippen LogP contribution is 2.57. The zero-order valence-corrected chi connectivity index (χ0v) is 33.9. The molecule has 5 fully saturated rings. The van der Waals surface area contributed by atoms with Crippen LogP contribution in [0.1, 0.15) is 105 Å². The van der Waals surface area contributed by atoms with Crippen LogP contribution in [0.15, 0.2) is 11.6 Å². The number of hydrogen-bond donors (Lipinski definition) is 0. The van der Waals surface area contributed by atoms with E-state index in [4.69, 9.17) is 37.9 Å². The van der Waals surface area contributed by atoms with Gasteiger partial charge in [-0.1, -0.05) is 19.9 Å². The zero-order chi connectivity index (χ0) is 38.0. The SMILES string of the molecule is CCO[C@@H]1[C@@H](OC)[C@H](C)O[C@@H](O[C@@H]2CC3CCC4C5CC(=O)O[C@@H](CC)CCC[C@H](O[C@H]6CC[C@H](N(C)C)[C@@H](C)O6)[C@@H](C)C(=O)C5=CC4C3C2)[C@@H]1OC. The van der Waals surface area contributed by atoms with Crippen molar-refractivity contribution in [2.45, 2.75) is 173 Å². The van der Waals surface area contributed by atoms with E-state index < -0.39 is 12.4 Å². The van der Waals surface area contributed by atoms with E-state index >= 15 is 0 Å². The van der Waals surface area contributed by atoms with Crippen molar-refractivity contribution in [3.63, 3.8) is 0 Å². The van der Waals surface area contributed by atoms with Gasteiger partial charge in [0.25, 0.3) is 0 Å². The summed E-state index contributed by atoms with van der Waals surface area (Å²) in [6.45, 7) is 10.7. The summed E-state index contributed by atoms with van der Waals surface area (Å²) < 4.78 is 50.2. The fraction of sp³-hybridized carbons (Fsp3) is 0.905. The second-order valence-electron chi connectivity index (χ2n) is 17.1. The topological polar surface area (TPSA) is 111 Å². The largest absolute Gasteiger partial charge is 0.462 e. The Kier molecular flexibility index (Phi) is 14.2. The Balaban J connectivity index is 1.20. The number of likely N-dealkylation sites (N-methyl/N-ethyl adjacent to an activating group) is 1. The predicted octanol–water partition coefficient (Wildman–Crippen LogP) is 6.10. The summed E-state index contributed by atoms with van der Waals surface area (Å²) in [7, 11) is 7.55. The normalized spacial score (nSPS) is 45.4. The lowest BCUT2D eigenvalue weighted by Crippen LogP contribution is -2.60. The lowest BCUT2D eigenvalue weighted by molar-refractivity contribution is -0.317. The average molecular weight is 748 g/mol. The van der Waals surface area contributed by atoms with Gasteiger partial charge in [-0.2, -0.15) is 0 Å². The number of allylic oxidation sites excluding steroid dienone is 2. The Morgan fingerprint density at radius 3 is 2.28 bits per heavy atom. The maximum Gasteiger partial charge on any atom is 0.306 e. The molecule has 5 unspecified atom stereocenters. The molecule has 11 nitrogen and oxygen atoms in total. The number of carbonyl (C=O) groups is 2. The van der Waals surface area contributed by atoms with E-state index in [2.05, 4.69) is 38.9 Å². The van der Waals surface area contributed by atoms with Gasteiger partial charge in [-0.05, 0) is 128 Å². The van der Waals surface area contributed by atoms with E-state index in [0.717, 1.165) is 69.8 Å². The van der Waals surface area contributed by atoms with Crippen LogP contribution in [-0.2, 0) is 47.5 Å². The van der Waals surface area contributed by atoms with Gasteiger partial charge in [0.1, 0.15) is 24.4 Å². The minimum atomic E-state index is -0.568. The standard InChI is InChI=1S/C42H69NO10/c1-10-27-13-12-14-35(53-37-18-17-34(43(6)7)24(4)49-37)23(3)38(45)33-21-31-29(32(33)22-36(44)51-27)16-15-26-19-28(20-30(26)31)52-42-41(47-9)40(48-11-2)39(46-8)25(5)50-42/h21,23-32,34-35,37,39-42H,10-20,22H2,1-9H3/t23-,24-,25+,26?,27+,28-,29?,30?,31?,32?,34+,35+,37+,39+,40-,41-,42+/m1/s1. The molecule has 0 bridgehead atoms. The van der Waals surface area contributed by atoms with Crippen molar-refractivity contribution < 1.29 is 47.5 Å². The molecule has 0 N–H and O–H groups in total. The lowest BCUT2D eigenvalue weighted by atomic mass is 9.66. The van der Waals surface area contributed by atoms with Crippen LogP contribution >= 0.6 is 0 Å². The first-order valence-electron chi connectivity index (χ1n) is 20.9. The lowest BCUT2D eigenvalue weighted by Gasteiger charge is -2.44. The molecular formula is C42H69NO10. The van der Waals surface area contributed by atoms with Gasteiger partial charge in [0, 0.05) is 38.7 Å². The number of fused-ring (bicyclic) bond motifs is 5. The summed E-state index contributed by atoms with van der Waals surface area (Å²) in [5, 5.41) is 0. The summed E-state index contributed by atoms with van der Waals surface area (Å²) in [5.41, 5.74) is 0.816. The smallest absolute Gasteiger partial charge is 0.306 e. The third-order valence-electron chi connectivity index (χ3n) is 13.8.